The van der Waals surface area contributed by atoms with Crippen molar-refractivity contribution in [2.75, 3.05) is 6.54 Å². The number of carbonyl (C=O) groups excluding carboxylic acids is 2. The molecule has 0 atom stereocenters. The van der Waals surface area contributed by atoms with Gasteiger partial charge in [0.25, 0.3) is 5.91 Å². The quantitative estimate of drug-likeness (QED) is 0.502. The van der Waals surface area contributed by atoms with Gasteiger partial charge in [-0.1, -0.05) is 18.2 Å². The Kier molecular flexibility index (Phi) is 3.45. The Labute approximate surface area is 121 Å². The first-order valence-electron chi connectivity index (χ1n) is 6.65. The Morgan fingerprint density at radius 1 is 1.33 bits per heavy atom. The zero-order valence-corrected chi connectivity index (χ0v) is 11.3. The van der Waals surface area contributed by atoms with E-state index in [-0.39, 0.29) is 11.7 Å². The molecule has 1 aromatic carbocycles. The van der Waals surface area contributed by atoms with Crippen LogP contribution in [0.3, 0.4) is 0 Å². The number of carbonyl (C=O) groups is 2. The van der Waals surface area contributed by atoms with Gasteiger partial charge in [-0.05, 0) is 24.1 Å². The molecule has 0 saturated heterocycles. The largest absolute Gasteiger partial charge is 0.459 e. The van der Waals surface area contributed by atoms with Crippen molar-refractivity contribution in [1.82, 2.24) is 10.3 Å². The van der Waals surface area contributed by atoms with E-state index in [4.69, 9.17) is 10.3 Å². The molecule has 0 saturated carbocycles. The zero-order chi connectivity index (χ0) is 14.8. The third kappa shape index (κ3) is 2.41. The summed E-state index contributed by atoms with van der Waals surface area (Å²) in [5, 5.41) is 0. The van der Waals surface area contributed by atoms with E-state index < -0.39 is 5.91 Å². The predicted molar refractivity (Wildman–Crippen MR) is 75.2 cm³/mol. The number of amides is 2. The minimum Gasteiger partial charge on any atom is -0.459 e. The molecule has 108 valence electrons. The highest BCUT2D eigenvalue weighted by Gasteiger charge is 2.26. The molecular weight excluding hydrogens is 270 g/mol. The molecule has 0 bridgehead atoms. The zero-order valence-electron chi connectivity index (χ0n) is 11.3. The molecule has 2 amide bonds. The molecule has 0 fully saturated rings. The molecule has 0 aliphatic carbocycles. The Bertz CT molecular complexity index is 693. The van der Waals surface area contributed by atoms with E-state index in [9.17, 15) is 9.59 Å². The predicted octanol–water partition coefficient (Wildman–Crippen LogP) is 1.08. The molecule has 6 nitrogen and oxygen atoms in total. The fourth-order valence-corrected chi connectivity index (χ4v) is 2.56. The summed E-state index contributed by atoms with van der Waals surface area (Å²) in [5.41, 5.74) is 4.46. The van der Waals surface area contributed by atoms with Crippen LogP contribution in [0.2, 0.25) is 0 Å². The smallest absolute Gasteiger partial charge is 0.301 e. The summed E-state index contributed by atoms with van der Waals surface area (Å²) in [6.45, 7) is 0.942. The second-order valence-corrected chi connectivity index (χ2v) is 4.88. The van der Waals surface area contributed by atoms with Crippen LogP contribution in [-0.2, 0) is 13.0 Å². The molecule has 0 radical (unpaired) electrons. The van der Waals surface area contributed by atoms with E-state index in [0.29, 0.717) is 18.7 Å². The number of nitrogen functional groups attached to an aromatic ring is 1. The fourth-order valence-electron chi connectivity index (χ4n) is 2.56. The van der Waals surface area contributed by atoms with Gasteiger partial charge in [0.15, 0.2) is 5.76 Å². The highest BCUT2D eigenvalue weighted by molar-refractivity contribution is 5.97. The van der Waals surface area contributed by atoms with E-state index in [1.165, 1.54) is 6.26 Å². The van der Waals surface area contributed by atoms with Gasteiger partial charge < -0.3 is 9.32 Å². The first-order valence-corrected chi connectivity index (χ1v) is 6.65. The fraction of sp³-hybridized carbons (Fsp3) is 0.200. The van der Waals surface area contributed by atoms with Gasteiger partial charge in [-0.15, -0.1) is 0 Å². The van der Waals surface area contributed by atoms with Crippen molar-refractivity contribution in [2.45, 2.75) is 13.0 Å². The molecule has 1 aliphatic rings. The summed E-state index contributed by atoms with van der Waals surface area (Å²) in [7, 11) is 0. The molecule has 0 spiro atoms. The lowest BCUT2D eigenvalue weighted by atomic mass is 9.99. The van der Waals surface area contributed by atoms with Crippen molar-refractivity contribution < 1.29 is 14.0 Å². The number of nitrogens with two attached hydrogens (primary N) is 1. The van der Waals surface area contributed by atoms with E-state index in [0.717, 1.165) is 17.5 Å². The number of hydrogen-bond acceptors (Lipinski definition) is 4. The molecule has 1 aromatic heterocycles. The Balaban J connectivity index is 1.83. The standard InChI is InChI=1S/C15H15N3O3/c16-17-14(19)13-11(6-8-21-13)9-18-7-5-10-3-1-2-4-12(10)15(18)20/h1-4,6,8H,5,7,9,16H2,(H,17,19). The van der Waals surface area contributed by atoms with Gasteiger partial charge in [0.05, 0.1) is 6.26 Å². The average molecular weight is 285 g/mol. The molecule has 1 aliphatic heterocycles. The molecule has 2 aromatic rings. The van der Waals surface area contributed by atoms with Crippen molar-refractivity contribution in [3.05, 3.63) is 59.0 Å². The van der Waals surface area contributed by atoms with Crippen LogP contribution >= 0.6 is 0 Å². The normalized spacial score (nSPS) is 14.0. The molecule has 0 unspecified atom stereocenters. The van der Waals surface area contributed by atoms with E-state index in [1.54, 1.807) is 11.0 Å². The summed E-state index contributed by atoms with van der Waals surface area (Å²) in [5.74, 6) is 4.73. The first kappa shape index (κ1) is 13.4. The van der Waals surface area contributed by atoms with Crippen LogP contribution in [0.15, 0.2) is 41.0 Å². The second-order valence-electron chi connectivity index (χ2n) is 4.88. The Morgan fingerprint density at radius 3 is 2.95 bits per heavy atom. The summed E-state index contributed by atoms with van der Waals surface area (Å²) in [4.78, 5) is 25.8. The van der Waals surface area contributed by atoms with Gasteiger partial charge in [-0.2, -0.15) is 0 Å². The number of hydrazine groups is 1. The van der Waals surface area contributed by atoms with Crippen molar-refractivity contribution in [3.63, 3.8) is 0 Å². The summed E-state index contributed by atoms with van der Waals surface area (Å²) < 4.78 is 5.13. The van der Waals surface area contributed by atoms with E-state index in [2.05, 4.69) is 0 Å². The van der Waals surface area contributed by atoms with Crippen LogP contribution < -0.4 is 11.3 Å². The van der Waals surface area contributed by atoms with Crippen molar-refractivity contribution in [1.29, 1.82) is 0 Å². The Hall–Kier alpha value is -2.60. The summed E-state index contributed by atoms with van der Waals surface area (Å²) in [6.07, 6.45) is 2.22. The van der Waals surface area contributed by atoms with Crippen LogP contribution in [0.1, 0.15) is 32.0 Å². The summed E-state index contributed by atoms with van der Waals surface area (Å²) in [6, 6.07) is 9.26. The minimum atomic E-state index is -0.500. The van der Waals surface area contributed by atoms with Gasteiger partial charge >= 0.3 is 5.91 Å². The number of nitrogens with one attached hydrogen (secondary N) is 1. The Morgan fingerprint density at radius 2 is 2.14 bits per heavy atom. The minimum absolute atomic E-state index is 0.0304. The van der Waals surface area contributed by atoms with Gasteiger partial charge in [-0.3, -0.25) is 15.0 Å². The maximum absolute atomic E-state index is 12.5. The maximum Gasteiger partial charge on any atom is 0.301 e. The lowest BCUT2D eigenvalue weighted by molar-refractivity contribution is 0.0723. The number of benzene rings is 1. The number of fused-ring (bicyclic) bond motifs is 1. The van der Waals surface area contributed by atoms with Crippen LogP contribution in [-0.4, -0.2) is 23.3 Å². The lowest BCUT2D eigenvalue weighted by Crippen LogP contribution is -2.37. The molecular formula is C15H15N3O3. The topological polar surface area (TPSA) is 88.6 Å². The van der Waals surface area contributed by atoms with Crippen LogP contribution in [0.4, 0.5) is 0 Å². The van der Waals surface area contributed by atoms with Crippen molar-refractivity contribution in [2.24, 2.45) is 5.84 Å². The second kappa shape index (κ2) is 5.41. The third-order valence-corrected chi connectivity index (χ3v) is 3.63. The van der Waals surface area contributed by atoms with Crippen LogP contribution in [0.5, 0.6) is 0 Å². The number of hydrogen-bond donors (Lipinski definition) is 2. The molecule has 6 heteroatoms. The SMILES string of the molecule is NNC(=O)c1occc1CN1CCc2ccccc2C1=O. The first-order chi connectivity index (χ1) is 10.2. The molecule has 21 heavy (non-hydrogen) atoms. The highest BCUT2D eigenvalue weighted by atomic mass is 16.3. The van der Waals surface area contributed by atoms with Gasteiger partial charge in [0, 0.05) is 24.2 Å². The van der Waals surface area contributed by atoms with Gasteiger partial charge in [0.2, 0.25) is 0 Å². The summed E-state index contributed by atoms with van der Waals surface area (Å²) >= 11 is 0. The number of furan rings is 1. The highest BCUT2D eigenvalue weighted by Crippen LogP contribution is 2.21. The van der Waals surface area contributed by atoms with E-state index >= 15 is 0 Å². The maximum atomic E-state index is 12.5. The van der Waals surface area contributed by atoms with Gasteiger partial charge in [0.1, 0.15) is 0 Å². The average Bonchev–Trinajstić information content (AvgIpc) is 2.98. The van der Waals surface area contributed by atoms with E-state index in [1.807, 2.05) is 29.7 Å². The third-order valence-electron chi connectivity index (χ3n) is 3.63. The number of nitrogens with zero attached hydrogens (tertiary/aromatic N) is 1. The monoisotopic (exact) mass is 285 g/mol. The number of rotatable bonds is 3. The van der Waals surface area contributed by atoms with Crippen molar-refractivity contribution in [3.8, 4) is 0 Å². The van der Waals surface area contributed by atoms with Crippen molar-refractivity contribution >= 4 is 11.8 Å². The van der Waals surface area contributed by atoms with Gasteiger partial charge in [-0.25, -0.2) is 5.84 Å². The van der Waals surface area contributed by atoms with Crippen LogP contribution in [0, 0.1) is 0 Å². The molecule has 3 N–H and O–H groups in total. The van der Waals surface area contributed by atoms with Crippen LogP contribution in [0.25, 0.3) is 0 Å². The molecule has 2 heterocycles. The molecule has 3 rings (SSSR count). The lowest BCUT2D eigenvalue weighted by Gasteiger charge is -2.28.